The molecule has 202 valence electrons. The van der Waals surface area contributed by atoms with Crippen LogP contribution in [0.25, 0.3) is 0 Å². The number of anilines is 2. The molecule has 4 rings (SSSR count). The number of nitrogens with one attached hydrogen (secondary N) is 3. The molecule has 0 radical (unpaired) electrons. The highest BCUT2D eigenvalue weighted by Gasteiger charge is 2.34. The number of hydrogen-bond acceptors (Lipinski definition) is 6. The number of methoxy groups -OCH3 is 2. The number of rotatable bonds is 9. The number of carbonyl (C=O) groups is 2. The Labute approximate surface area is 228 Å². The number of ether oxygens (including phenoxy) is 2. The van der Waals surface area contributed by atoms with E-state index in [2.05, 4.69) is 36.7 Å². The van der Waals surface area contributed by atoms with E-state index >= 15 is 0 Å². The van der Waals surface area contributed by atoms with E-state index in [1.807, 2.05) is 30.3 Å². The van der Waals surface area contributed by atoms with Crippen molar-refractivity contribution in [2.45, 2.75) is 46.6 Å². The van der Waals surface area contributed by atoms with Gasteiger partial charge in [0.15, 0.2) is 0 Å². The van der Waals surface area contributed by atoms with Gasteiger partial charge in [0.2, 0.25) is 5.91 Å². The van der Waals surface area contributed by atoms with Crippen LogP contribution in [-0.4, -0.2) is 32.6 Å². The molecule has 3 N–H and O–H groups in total. The van der Waals surface area contributed by atoms with Crippen LogP contribution in [0.15, 0.2) is 48.5 Å². The van der Waals surface area contributed by atoms with Crippen LogP contribution in [0.4, 0.5) is 10.7 Å². The first-order valence-corrected chi connectivity index (χ1v) is 13.7. The summed E-state index contributed by atoms with van der Waals surface area (Å²) in [5, 5.41) is 9.81. The zero-order valence-electron chi connectivity index (χ0n) is 22.8. The number of hydrogen-bond donors (Lipinski definition) is 3. The predicted octanol–water partition coefficient (Wildman–Crippen LogP) is 5.90. The lowest BCUT2D eigenvalue weighted by molar-refractivity contribution is -0.115. The maximum atomic E-state index is 13.7. The summed E-state index contributed by atoms with van der Waals surface area (Å²) in [6.07, 6.45) is 2.70. The standard InChI is InChI=1S/C30H37N3O4S/c1-30(2,3)20-11-13-22-25(15-20)38-29(33-26(34)18-31-17-19-9-7-6-8-10-19)27(22)28(35)32-23-16-21(36-4)12-14-24(23)37-5/h6-10,12,14,16,20,31H,11,13,15,17-18H2,1-5H3,(H,32,35)(H,33,34). The van der Waals surface area contributed by atoms with Crippen LogP contribution in [-0.2, 0) is 24.2 Å². The van der Waals surface area contributed by atoms with E-state index in [0.29, 0.717) is 40.2 Å². The molecule has 1 aromatic heterocycles. The van der Waals surface area contributed by atoms with E-state index in [1.54, 1.807) is 32.4 Å². The number of thiophene rings is 1. The molecule has 8 heteroatoms. The predicted molar refractivity (Wildman–Crippen MR) is 154 cm³/mol. The van der Waals surface area contributed by atoms with Crippen molar-refractivity contribution in [2.24, 2.45) is 11.3 Å². The van der Waals surface area contributed by atoms with Gasteiger partial charge in [0.05, 0.1) is 32.0 Å². The topological polar surface area (TPSA) is 88.7 Å². The molecule has 2 amide bonds. The molecule has 0 saturated heterocycles. The summed E-state index contributed by atoms with van der Waals surface area (Å²) in [7, 11) is 3.14. The van der Waals surface area contributed by atoms with Gasteiger partial charge in [-0.3, -0.25) is 9.59 Å². The number of amides is 2. The molecule has 7 nitrogen and oxygen atoms in total. The number of carbonyl (C=O) groups excluding carboxylic acids is 2. The van der Waals surface area contributed by atoms with Crippen LogP contribution >= 0.6 is 11.3 Å². The van der Waals surface area contributed by atoms with Gasteiger partial charge in [0.25, 0.3) is 5.91 Å². The van der Waals surface area contributed by atoms with Crippen LogP contribution in [0.3, 0.4) is 0 Å². The minimum absolute atomic E-state index is 0.146. The van der Waals surface area contributed by atoms with E-state index < -0.39 is 0 Å². The van der Waals surface area contributed by atoms with Gasteiger partial charge in [-0.25, -0.2) is 0 Å². The lowest BCUT2D eigenvalue weighted by Gasteiger charge is -2.33. The summed E-state index contributed by atoms with van der Waals surface area (Å²) in [5.74, 6) is 1.21. The molecule has 0 aliphatic heterocycles. The molecule has 1 aliphatic carbocycles. The largest absolute Gasteiger partial charge is 0.497 e. The molecule has 2 aromatic carbocycles. The molecule has 0 bridgehead atoms. The molecule has 1 heterocycles. The fourth-order valence-corrected chi connectivity index (χ4v) is 6.18. The van der Waals surface area contributed by atoms with Gasteiger partial charge < -0.3 is 25.4 Å². The minimum Gasteiger partial charge on any atom is -0.497 e. The maximum absolute atomic E-state index is 13.7. The first-order valence-electron chi connectivity index (χ1n) is 12.9. The van der Waals surface area contributed by atoms with Gasteiger partial charge in [-0.15, -0.1) is 11.3 Å². The Kier molecular flexibility index (Phi) is 8.74. The molecular weight excluding hydrogens is 498 g/mol. The highest BCUT2D eigenvalue weighted by molar-refractivity contribution is 7.17. The molecule has 3 aromatic rings. The van der Waals surface area contributed by atoms with Crippen molar-refractivity contribution < 1.29 is 19.1 Å². The van der Waals surface area contributed by atoms with Gasteiger partial charge in [0, 0.05) is 17.5 Å². The van der Waals surface area contributed by atoms with Crippen LogP contribution in [0, 0.1) is 11.3 Å². The molecule has 0 saturated carbocycles. The van der Waals surface area contributed by atoms with Crippen molar-refractivity contribution in [3.8, 4) is 11.5 Å². The zero-order chi connectivity index (χ0) is 27.3. The Morgan fingerprint density at radius 3 is 2.47 bits per heavy atom. The quantitative estimate of drug-likeness (QED) is 0.318. The number of benzene rings is 2. The summed E-state index contributed by atoms with van der Waals surface area (Å²) in [6.45, 7) is 7.53. The lowest BCUT2D eigenvalue weighted by Crippen LogP contribution is -2.28. The molecule has 1 unspecified atom stereocenters. The van der Waals surface area contributed by atoms with Crippen LogP contribution in [0.2, 0.25) is 0 Å². The summed E-state index contributed by atoms with van der Waals surface area (Å²) in [6, 6.07) is 15.2. The Morgan fingerprint density at radius 2 is 1.79 bits per heavy atom. The Balaban J connectivity index is 1.57. The second-order valence-electron chi connectivity index (χ2n) is 10.7. The normalized spacial score (nSPS) is 14.9. The fourth-order valence-electron chi connectivity index (χ4n) is 4.84. The summed E-state index contributed by atoms with van der Waals surface area (Å²) in [5.41, 5.74) is 3.36. The van der Waals surface area contributed by atoms with Gasteiger partial charge in [-0.1, -0.05) is 51.1 Å². The monoisotopic (exact) mass is 535 g/mol. The third-order valence-electron chi connectivity index (χ3n) is 7.08. The smallest absolute Gasteiger partial charge is 0.259 e. The molecule has 1 atom stereocenters. The van der Waals surface area contributed by atoms with Crippen LogP contribution in [0.5, 0.6) is 11.5 Å². The zero-order valence-corrected chi connectivity index (χ0v) is 23.6. The maximum Gasteiger partial charge on any atom is 0.259 e. The first-order chi connectivity index (χ1) is 18.2. The van der Waals surface area contributed by atoms with E-state index in [9.17, 15) is 9.59 Å². The highest BCUT2D eigenvalue weighted by Crippen LogP contribution is 2.44. The Hall–Kier alpha value is -3.36. The Morgan fingerprint density at radius 1 is 1.03 bits per heavy atom. The fraction of sp³-hybridized carbons (Fsp3) is 0.400. The minimum atomic E-state index is -0.268. The van der Waals surface area contributed by atoms with Gasteiger partial charge >= 0.3 is 0 Å². The second-order valence-corrected chi connectivity index (χ2v) is 11.8. The van der Waals surface area contributed by atoms with Crippen LogP contribution in [0.1, 0.15) is 53.6 Å². The van der Waals surface area contributed by atoms with Crippen molar-refractivity contribution in [1.82, 2.24) is 5.32 Å². The third-order valence-corrected chi connectivity index (χ3v) is 8.25. The summed E-state index contributed by atoms with van der Waals surface area (Å²) < 4.78 is 10.8. The van der Waals surface area contributed by atoms with Gasteiger partial charge in [-0.2, -0.15) is 0 Å². The molecule has 0 spiro atoms. The average Bonchev–Trinajstić information content (AvgIpc) is 3.25. The van der Waals surface area contributed by atoms with Crippen molar-refractivity contribution in [3.05, 3.63) is 70.1 Å². The lowest BCUT2D eigenvalue weighted by atomic mass is 9.72. The summed E-state index contributed by atoms with van der Waals surface area (Å²) >= 11 is 1.52. The average molecular weight is 536 g/mol. The van der Waals surface area contributed by atoms with E-state index in [4.69, 9.17) is 9.47 Å². The van der Waals surface area contributed by atoms with E-state index in [-0.39, 0.29) is 23.8 Å². The number of fused-ring (bicyclic) bond motifs is 1. The van der Waals surface area contributed by atoms with Gasteiger partial charge in [0.1, 0.15) is 16.5 Å². The third kappa shape index (κ3) is 6.55. The SMILES string of the molecule is COc1ccc(OC)c(NC(=O)c2c(NC(=O)CNCc3ccccc3)sc3c2CCC(C(C)(C)C)C3)c1. The van der Waals surface area contributed by atoms with Crippen molar-refractivity contribution in [3.63, 3.8) is 0 Å². The second kappa shape index (κ2) is 12.0. The van der Waals surface area contributed by atoms with E-state index in [0.717, 1.165) is 30.4 Å². The highest BCUT2D eigenvalue weighted by atomic mass is 32.1. The molecule has 0 fully saturated rings. The van der Waals surface area contributed by atoms with Crippen molar-refractivity contribution >= 4 is 33.8 Å². The Bertz CT molecular complexity index is 1280. The van der Waals surface area contributed by atoms with Crippen molar-refractivity contribution in [2.75, 3.05) is 31.4 Å². The van der Waals surface area contributed by atoms with Crippen molar-refractivity contribution in [1.29, 1.82) is 0 Å². The van der Waals surface area contributed by atoms with Gasteiger partial charge in [-0.05, 0) is 53.9 Å². The summed E-state index contributed by atoms with van der Waals surface area (Å²) in [4.78, 5) is 27.8. The molecular formula is C30H37N3O4S. The first kappa shape index (κ1) is 27.7. The van der Waals surface area contributed by atoms with E-state index in [1.165, 1.54) is 16.2 Å². The van der Waals surface area contributed by atoms with Crippen LogP contribution < -0.4 is 25.4 Å². The molecule has 38 heavy (non-hydrogen) atoms. The molecule has 1 aliphatic rings.